The van der Waals surface area contributed by atoms with Crippen LogP contribution < -0.4 is 11.1 Å². The Kier molecular flexibility index (Phi) is 2.81. The molecule has 3 N–H and O–H groups in total. The standard InChI is InChI=1S/C12H15N3O/c1-8-3-4-11(10(13)5-8)14-7-12-15-6-9(2)16-12/h3-6,14H,7,13H2,1-2H3. The van der Waals surface area contributed by atoms with Gasteiger partial charge in [0.25, 0.3) is 0 Å². The Morgan fingerprint density at radius 3 is 2.81 bits per heavy atom. The fourth-order valence-electron chi connectivity index (χ4n) is 1.50. The van der Waals surface area contributed by atoms with Gasteiger partial charge in [-0.25, -0.2) is 4.98 Å². The van der Waals surface area contributed by atoms with Crippen molar-refractivity contribution in [2.24, 2.45) is 0 Å². The highest BCUT2D eigenvalue weighted by Crippen LogP contribution is 2.20. The van der Waals surface area contributed by atoms with Gasteiger partial charge in [-0.3, -0.25) is 0 Å². The highest BCUT2D eigenvalue weighted by Gasteiger charge is 2.02. The van der Waals surface area contributed by atoms with Crippen LogP contribution in [0.4, 0.5) is 11.4 Å². The highest BCUT2D eigenvalue weighted by molar-refractivity contribution is 5.66. The number of nitrogens with one attached hydrogen (secondary N) is 1. The number of hydrogen-bond acceptors (Lipinski definition) is 4. The molecule has 2 rings (SSSR count). The average Bonchev–Trinajstić information content (AvgIpc) is 2.63. The van der Waals surface area contributed by atoms with Crippen LogP contribution in [0.15, 0.2) is 28.8 Å². The van der Waals surface area contributed by atoms with Crippen LogP contribution in [-0.4, -0.2) is 4.98 Å². The molecule has 0 saturated heterocycles. The van der Waals surface area contributed by atoms with Crippen molar-refractivity contribution in [1.82, 2.24) is 4.98 Å². The summed E-state index contributed by atoms with van der Waals surface area (Å²) in [7, 11) is 0. The summed E-state index contributed by atoms with van der Waals surface area (Å²) in [5.74, 6) is 1.48. The van der Waals surface area contributed by atoms with E-state index in [0.29, 0.717) is 12.4 Å². The monoisotopic (exact) mass is 217 g/mol. The van der Waals surface area contributed by atoms with E-state index < -0.39 is 0 Å². The lowest BCUT2D eigenvalue weighted by atomic mass is 10.2. The average molecular weight is 217 g/mol. The third kappa shape index (κ3) is 2.34. The molecule has 0 aliphatic rings. The Balaban J connectivity index is 2.04. The second-order valence-electron chi connectivity index (χ2n) is 3.81. The Bertz CT molecular complexity index is 491. The van der Waals surface area contributed by atoms with E-state index >= 15 is 0 Å². The van der Waals surface area contributed by atoms with Gasteiger partial charge in [0.15, 0.2) is 0 Å². The largest absolute Gasteiger partial charge is 0.444 e. The summed E-state index contributed by atoms with van der Waals surface area (Å²) in [4.78, 5) is 4.11. The third-order valence-electron chi connectivity index (χ3n) is 2.31. The van der Waals surface area contributed by atoms with Crippen LogP contribution in [0, 0.1) is 13.8 Å². The van der Waals surface area contributed by atoms with E-state index in [1.165, 1.54) is 0 Å². The molecule has 4 nitrogen and oxygen atoms in total. The molecular formula is C12H15N3O. The molecule has 1 heterocycles. The van der Waals surface area contributed by atoms with Crippen molar-refractivity contribution in [2.75, 3.05) is 11.1 Å². The predicted molar refractivity (Wildman–Crippen MR) is 64.2 cm³/mol. The zero-order chi connectivity index (χ0) is 11.5. The molecule has 0 radical (unpaired) electrons. The summed E-state index contributed by atoms with van der Waals surface area (Å²) in [6.45, 7) is 4.43. The Labute approximate surface area is 94.5 Å². The fraction of sp³-hybridized carbons (Fsp3) is 0.250. The molecule has 0 amide bonds. The van der Waals surface area contributed by atoms with Gasteiger partial charge in [-0.2, -0.15) is 0 Å². The summed E-state index contributed by atoms with van der Waals surface area (Å²) < 4.78 is 5.35. The molecule has 0 aliphatic carbocycles. The summed E-state index contributed by atoms with van der Waals surface area (Å²) in [5, 5.41) is 3.19. The number of nitrogen functional groups attached to an aromatic ring is 1. The van der Waals surface area contributed by atoms with Crippen LogP contribution in [0.1, 0.15) is 17.2 Å². The van der Waals surface area contributed by atoms with Crippen molar-refractivity contribution >= 4 is 11.4 Å². The lowest BCUT2D eigenvalue weighted by Gasteiger charge is -2.07. The maximum Gasteiger partial charge on any atom is 0.213 e. The topological polar surface area (TPSA) is 64.1 Å². The fourth-order valence-corrected chi connectivity index (χ4v) is 1.50. The van der Waals surface area contributed by atoms with Gasteiger partial charge in [-0.05, 0) is 31.5 Å². The van der Waals surface area contributed by atoms with E-state index in [1.807, 2.05) is 32.0 Å². The van der Waals surface area contributed by atoms with E-state index in [0.717, 1.165) is 22.7 Å². The van der Waals surface area contributed by atoms with Gasteiger partial charge < -0.3 is 15.5 Å². The van der Waals surface area contributed by atoms with Gasteiger partial charge >= 0.3 is 0 Å². The van der Waals surface area contributed by atoms with Gasteiger partial charge in [-0.1, -0.05) is 6.07 Å². The van der Waals surface area contributed by atoms with Crippen LogP contribution in [0.5, 0.6) is 0 Å². The summed E-state index contributed by atoms with van der Waals surface area (Å²) in [5.41, 5.74) is 8.67. The van der Waals surface area contributed by atoms with E-state index in [2.05, 4.69) is 10.3 Å². The van der Waals surface area contributed by atoms with Crippen LogP contribution >= 0.6 is 0 Å². The molecule has 0 bridgehead atoms. The summed E-state index contributed by atoms with van der Waals surface area (Å²) in [6, 6.07) is 5.91. The van der Waals surface area contributed by atoms with Gasteiger partial charge in [-0.15, -0.1) is 0 Å². The van der Waals surface area contributed by atoms with Crippen molar-refractivity contribution in [3.63, 3.8) is 0 Å². The van der Waals surface area contributed by atoms with Crippen molar-refractivity contribution in [3.05, 3.63) is 41.6 Å². The first-order chi connectivity index (χ1) is 7.65. The Morgan fingerprint density at radius 1 is 1.38 bits per heavy atom. The molecule has 0 saturated carbocycles. The van der Waals surface area contributed by atoms with Gasteiger partial charge in [0, 0.05) is 0 Å². The Hall–Kier alpha value is -1.97. The number of nitrogens with zero attached hydrogens (tertiary/aromatic N) is 1. The number of hydrogen-bond donors (Lipinski definition) is 2. The maximum absolute atomic E-state index is 5.88. The number of nitrogens with two attached hydrogens (primary N) is 1. The van der Waals surface area contributed by atoms with E-state index in [9.17, 15) is 0 Å². The van der Waals surface area contributed by atoms with Crippen molar-refractivity contribution < 1.29 is 4.42 Å². The number of aromatic nitrogens is 1. The van der Waals surface area contributed by atoms with E-state index in [1.54, 1.807) is 6.20 Å². The first-order valence-electron chi connectivity index (χ1n) is 5.16. The predicted octanol–water partition coefficient (Wildman–Crippen LogP) is 2.49. The van der Waals surface area contributed by atoms with Crippen LogP contribution in [-0.2, 0) is 6.54 Å². The smallest absolute Gasteiger partial charge is 0.213 e. The molecule has 1 aromatic heterocycles. The lowest BCUT2D eigenvalue weighted by molar-refractivity contribution is 0.479. The second-order valence-corrected chi connectivity index (χ2v) is 3.81. The summed E-state index contributed by atoms with van der Waals surface area (Å²) >= 11 is 0. The zero-order valence-electron chi connectivity index (χ0n) is 9.45. The highest BCUT2D eigenvalue weighted by atomic mass is 16.4. The minimum Gasteiger partial charge on any atom is -0.444 e. The minimum atomic E-state index is 0.543. The first kappa shape index (κ1) is 10.5. The molecular weight excluding hydrogens is 202 g/mol. The molecule has 0 spiro atoms. The summed E-state index contributed by atoms with van der Waals surface area (Å²) in [6.07, 6.45) is 1.70. The third-order valence-corrected chi connectivity index (χ3v) is 2.31. The number of rotatable bonds is 3. The molecule has 1 aromatic carbocycles. The Morgan fingerprint density at radius 2 is 2.19 bits per heavy atom. The van der Waals surface area contributed by atoms with Crippen molar-refractivity contribution in [2.45, 2.75) is 20.4 Å². The second kappa shape index (κ2) is 4.26. The molecule has 16 heavy (non-hydrogen) atoms. The van der Waals surface area contributed by atoms with Gasteiger partial charge in [0.05, 0.1) is 24.1 Å². The number of benzene rings is 1. The molecule has 84 valence electrons. The van der Waals surface area contributed by atoms with Crippen LogP contribution in [0.3, 0.4) is 0 Å². The SMILES string of the molecule is Cc1ccc(NCc2ncc(C)o2)c(N)c1. The molecule has 0 unspecified atom stereocenters. The van der Waals surface area contributed by atoms with Crippen LogP contribution in [0.2, 0.25) is 0 Å². The first-order valence-corrected chi connectivity index (χ1v) is 5.16. The number of aryl methyl sites for hydroxylation is 2. The van der Waals surface area contributed by atoms with E-state index in [4.69, 9.17) is 10.2 Å². The van der Waals surface area contributed by atoms with E-state index in [-0.39, 0.29) is 0 Å². The normalized spacial score (nSPS) is 10.4. The molecule has 0 fully saturated rings. The molecule has 0 atom stereocenters. The molecule has 2 aromatic rings. The number of oxazole rings is 1. The molecule has 4 heteroatoms. The van der Waals surface area contributed by atoms with Crippen molar-refractivity contribution in [1.29, 1.82) is 0 Å². The van der Waals surface area contributed by atoms with Crippen molar-refractivity contribution in [3.8, 4) is 0 Å². The van der Waals surface area contributed by atoms with Gasteiger partial charge in [0.1, 0.15) is 5.76 Å². The van der Waals surface area contributed by atoms with Crippen LogP contribution in [0.25, 0.3) is 0 Å². The number of anilines is 2. The van der Waals surface area contributed by atoms with Gasteiger partial charge in [0.2, 0.25) is 5.89 Å². The minimum absolute atomic E-state index is 0.543. The maximum atomic E-state index is 5.88. The molecule has 0 aliphatic heterocycles. The zero-order valence-corrected chi connectivity index (χ0v) is 9.45. The lowest BCUT2D eigenvalue weighted by Crippen LogP contribution is -2.02. The quantitative estimate of drug-likeness (QED) is 0.775.